The minimum absolute atomic E-state index is 0.227. The van der Waals surface area contributed by atoms with Crippen LogP contribution < -0.4 is 10.3 Å². The fourth-order valence-corrected chi connectivity index (χ4v) is 1.68. The van der Waals surface area contributed by atoms with E-state index in [1.165, 1.54) is 4.68 Å². The quantitative estimate of drug-likeness (QED) is 0.831. The molecule has 90 valence electrons. The van der Waals surface area contributed by atoms with Gasteiger partial charge < -0.3 is 9.84 Å². The van der Waals surface area contributed by atoms with Crippen LogP contribution in [0.25, 0.3) is 5.69 Å². The summed E-state index contributed by atoms with van der Waals surface area (Å²) in [5.41, 5.74) is 1.54. The maximum atomic E-state index is 11.9. The van der Waals surface area contributed by atoms with Crippen molar-refractivity contribution in [3.63, 3.8) is 0 Å². The third-order valence-electron chi connectivity index (χ3n) is 2.68. The molecule has 0 amide bonds. The van der Waals surface area contributed by atoms with Gasteiger partial charge in [-0.3, -0.25) is 9.89 Å². The van der Waals surface area contributed by atoms with Gasteiger partial charge in [0.05, 0.1) is 25.0 Å². The lowest BCUT2D eigenvalue weighted by atomic mass is 10.3. The predicted octanol–water partition coefficient (Wildman–Crippen LogP) is 0.975. The summed E-state index contributed by atoms with van der Waals surface area (Å²) in [7, 11) is 1.59. The Hall–Kier alpha value is -2.01. The van der Waals surface area contributed by atoms with E-state index in [4.69, 9.17) is 9.84 Å². The van der Waals surface area contributed by atoms with Gasteiger partial charge in [-0.2, -0.15) is 0 Å². The number of ether oxygens (including phenoxy) is 1. The molecule has 0 saturated heterocycles. The Morgan fingerprint density at radius 2 is 2.00 bits per heavy atom. The molecule has 5 nitrogen and oxygen atoms in total. The molecule has 2 N–H and O–H groups in total. The minimum Gasteiger partial charge on any atom is -0.497 e. The summed E-state index contributed by atoms with van der Waals surface area (Å²) < 4.78 is 6.45. The number of aromatic nitrogens is 2. The third-order valence-corrected chi connectivity index (χ3v) is 2.68. The van der Waals surface area contributed by atoms with Gasteiger partial charge in [0.1, 0.15) is 5.75 Å². The highest BCUT2D eigenvalue weighted by molar-refractivity contribution is 5.37. The summed E-state index contributed by atoms with van der Waals surface area (Å²) in [6, 6.07) is 7.10. The van der Waals surface area contributed by atoms with Crippen LogP contribution in [0.4, 0.5) is 0 Å². The van der Waals surface area contributed by atoms with E-state index in [0.29, 0.717) is 16.9 Å². The topological polar surface area (TPSA) is 67.2 Å². The Balaban J connectivity index is 2.49. The summed E-state index contributed by atoms with van der Waals surface area (Å²) in [5.74, 6) is 0.729. The molecular weight excluding hydrogens is 220 g/mol. The summed E-state index contributed by atoms with van der Waals surface area (Å²) in [5, 5.41) is 12.0. The fraction of sp³-hybridized carbons (Fsp3) is 0.250. The van der Waals surface area contributed by atoms with Crippen molar-refractivity contribution in [3.05, 3.63) is 45.9 Å². The normalized spacial score (nSPS) is 10.5. The minimum atomic E-state index is -0.260. The highest BCUT2D eigenvalue weighted by Gasteiger charge is 2.10. The number of nitrogens with zero attached hydrogens (tertiary/aromatic N) is 1. The molecular formula is C12H14N2O3. The van der Waals surface area contributed by atoms with Crippen LogP contribution in [-0.4, -0.2) is 22.0 Å². The first-order valence-corrected chi connectivity index (χ1v) is 5.23. The molecule has 0 unspecified atom stereocenters. The summed E-state index contributed by atoms with van der Waals surface area (Å²) in [6.07, 6.45) is 0. The van der Waals surface area contributed by atoms with Crippen LogP contribution in [0.1, 0.15) is 11.3 Å². The van der Waals surface area contributed by atoms with E-state index in [1.807, 2.05) is 0 Å². The van der Waals surface area contributed by atoms with E-state index in [1.54, 1.807) is 38.3 Å². The number of hydrogen-bond acceptors (Lipinski definition) is 3. The van der Waals surface area contributed by atoms with E-state index in [9.17, 15) is 4.79 Å². The van der Waals surface area contributed by atoms with Gasteiger partial charge in [0.2, 0.25) is 0 Å². The molecule has 0 atom stereocenters. The molecule has 1 heterocycles. The van der Waals surface area contributed by atoms with Crippen molar-refractivity contribution in [2.45, 2.75) is 13.5 Å². The zero-order valence-corrected chi connectivity index (χ0v) is 9.73. The number of H-pyrrole nitrogens is 1. The molecule has 0 bridgehead atoms. The third kappa shape index (κ3) is 1.97. The lowest BCUT2D eigenvalue weighted by Gasteiger charge is -2.03. The van der Waals surface area contributed by atoms with Crippen molar-refractivity contribution in [3.8, 4) is 11.4 Å². The molecule has 1 aromatic carbocycles. The Morgan fingerprint density at radius 1 is 1.35 bits per heavy atom. The van der Waals surface area contributed by atoms with Crippen LogP contribution >= 0.6 is 0 Å². The number of aryl methyl sites for hydroxylation is 1. The smallest absolute Gasteiger partial charge is 0.277 e. The van der Waals surface area contributed by atoms with Crippen molar-refractivity contribution >= 4 is 0 Å². The average Bonchev–Trinajstić information content (AvgIpc) is 2.64. The molecule has 0 aliphatic carbocycles. The Kier molecular flexibility index (Phi) is 3.01. The van der Waals surface area contributed by atoms with Crippen LogP contribution in [-0.2, 0) is 6.61 Å². The summed E-state index contributed by atoms with van der Waals surface area (Å²) in [4.78, 5) is 11.9. The van der Waals surface area contributed by atoms with Crippen LogP contribution in [0, 0.1) is 6.92 Å². The number of methoxy groups -OCH3 is 1. The van der Waals surface area contributed by atoms with Crippen molar-refractivity contribution in [2.24, 2.45) is 0 Å². The van der Waals surface area contributed by atoms with Gasteiger partial charge in [0, 0.05) is 5.69 Å². The lowest BCUT2D eigenvalue weighted by molar-refractivity contribution is 0.280. The second kappa shape index (κ2) is 4.47. The number of rotatable bonds is 3. The second-order valence-electron chi connectivity index (χ2n) is 3.71. The Labute approximate surface area is 98.3 Å². The van der Waals surface area contributed by atoms with Crippen LogP contribution in [0.2, 0.25) is 0 Å². The molecule has 0 spiro atoms. The van der Waals surface area contributed by atoms with Crippen LogP contribution in [0.3, 0.4) is 0 Å². The molecule has 0 radical (unpaired) electrons. The number of aliphatic hydroxyl groups excluding tert-OH is 1. The van der Waals surface area contributed by atoms with Crippen molar-refractivity contribution < 1.29 is 9.84 Å². The molecule has 5 heteroatoms. The number of aliphatic hydroxyl groups is 1. The highest BCUT2D eigenvalue weighted by Crippen LogP contribution is 2.13. The van der Waals surface area contributed by atoms with Gasteiger partial charge in [-0.25, -0.2) is 4.68 Å². The van der Waals surface area contributed by atoms with E-state index < -0.39 is 0 Å². The van der Waals surface area contributed by atoms with Crippen LogP contribution in [0.15, 0.2) is 29.1 Å². The summed E-state index contributed by atoms with van der Waals surface area (Å²) in [6.45, 7) is 1.50. The fourth-order valence-electron chi connectivity index (χ4n) is 1.68. The first kappa shape index (κ1) is 11.5. The predicted molar refractivity (Wildman–Crippen MR) is 63.6 cm³/mol. The van der Waals surface area contributed by atoms with Crippen molar-refractivity contribution in [1.82, 2.24) is 9.78 Å². The zero-order valence-electron chi connectivity index (χ0n) is 9.73. The Morgan fingerprint density at radius 3 is 2.47 bits per heavy atom. The molecule has 0 aliphatic heterocycles. The number of hydrogen-bond donors (Lipinski definition) is 2. The summed E-state index contributed by atoms with van der Waals surface area (Å²) >= 11 is 0. The maximum absolute atomic E-state index is 11.9. The standard InChI is InChI=1S/C12H14N2O3/c1-8-11(7-15)12(16)14(13-8)9-3-5-10(17-2)6-4-9/h3-6,13,15H,7H2,1-2H3. The van der Waals surface area contributed by atoms with Gasteiger partial charge in [-0.05, 0) is 31.2 Å². The van der Waals surface area contributed by atoms with E-state index >= 15 is 0 Å². The van der Waals surface area contributed by atoms with Gasteiger partial charge in [0.25, 0.3) is 5.56 Å². The van der Waals surface area contributed by atoms with Gasteiger partial charge in [-0.15, -0.1) is 0 Å². The molecule has 1 aromatic heterocycles. The molecule has 2 rings (SSSR count). The monoisotopic (exact) mass is 234 g/mol. The second-order valence-corrected chi connectivity index (χ2v) is 3.71. The first-order chi connectivity index (χ1) is 8.17. The molecule has 0 fully saturated rings. The lowest BCUT2D eigenvalue weighted by Crippen LogP contribution is -2.17. The van der Waals surface area contributed by atoms with E-state index in [-0.39, 0.29) is 12.2 Å². The van der Waals surface area contributed by atoms with Gasteiger partial charge in [-0.1, -0.05) is 0 Å². The molecule has 0 saturated carbocycles. The average molecular weight is 234 g/mol. The first-order valence-electron chi connectivity index (χ1n) is 5.23. The van der Waals surface area contributed by atoms with Crippen LogP contribution in [0.5, 0.6) is 5.75 Å². The zero-order chi connectivity index (χ0) is 12.4. The SMILES string of the molecule is COc1ccc(-n2[nH]c(C)c(CO)c2=O)cc1. The maximum Gasteiger partial charge on any atom is 0.277 e. The molecule has 2 aromatic rings. The van der Waals surface area contributed by atoms with Gasteiger partial charge in [0.15, 0.2) is 0 Å². The van der Waals surface area contributed by atoms with Gasteiger partial charge >= 0.3 is 0 Å². The molecule has 0 aliphatic rings. The number of benzene rings is 1. The largest absolute Gasteiger partial charge is 0.497 e. The number of aromatic amines is 1. The Bertz CT molecular complexity index is 566. The molecule has 17 heavy (non-hydrogen) atoms. The van der Waals surface area contributed by atoms with E-state index in [0.717, 1.165) is 5.75 Å². The van der Waals surface area contributed by atoms with Crippen molar-refractivity contribution in [2.75, 3.05) is 7.11 Å². The number of nitrogens with one attached hydrogen (secondary N) is 1. The van der Waals surface area contributed by atoms with Crippen molar-refractivity contribution in [1.29, 1.82) is 0 Å². The highest BCUT2D eigenvalue weighted by atomic mass is 16.5. The van der Waals surface area contributed by atoms with E-state index in [2.05, 4.69) is 5.10 Å².